The number of benzene rings is 1. The predicted octanol–water partition coefficient (Wildman–Crippen LogP) is 3.43. The Morgan fingerprint density at radius 3 is 2.96 bits per heavy atom. The molecule has 0 aliphatic carbocycles. The highest BCUT2D eigenvalue weighted by Gasteiger charge is 2.27. The smallest absolute Gasteiger partial charge is 0.273 e. The van der Waals surface area contributed by atoms with Gasteiger partial charge in [0.15, 0.2) is 5.82 Å². The maximum absolute atomic E-state index is 13.0. The predicted molar refractivity (Wildman–Crippen MR) is 94.1 cm³/mol. The number of rotatable bonds is 5. The topological polar surface area (TPSA) is 72.1 Å². The van der Waals surface area contributed by atoms with Crippen molar-refractivity contribution in [3.63, 3.8) is 0 Å². The first kappa shape index (κ1) is 16.8. The molecular weight excluding hydrogens is 355 g/mol. The second kappa shape index (κ2) is 7.33. The number of thiazole rings is 1. The molecule has 0 radical (unpaired) electrons. The summed E-state index contributed by atoms with van der Waals surface area (Å²) in [4.78, 5) is 22.6. The van der Waals surface area contributed by atoms with E-state index in [9.17, 15) is 9.18 Å². The van der Waals surface area contributed by atoms with Crippen LogP contribution in [-0.2, 0) is 6.42 Å². The number of aryl methyl sites for hydroxylation is 1. The van der Waals surface area contributed by atoms with Crippen LogP contribution in [0.3, 0.4) is 0 Å². The minimum atomic E-state index is -0.300. The van der Waals surface area contributed by atoms with E-state index in [4.69, 9.17) is 4.52 Å². The number of hydrogen-bond acceptors (Lipinski definition) is 6. The molecule has 1 aromatic carbocycles. The summed E-state index contributed by atoms with van der Waals surface area (Å²) in [5.41, 5.74) is 2.90. The molecule has 4 rings (SSSR count). The van der Waals surface area contributed by atoms with E-state index in [0.29, 0.717) is 35.3 Å². The third-order valence-corrected chi connectivity index (χ3v) is 5.15. The molecule has 6 nitrogen and oxygen atoms in total. The lowest BCUT2D eigenvalue weighted by Gasteiger charge is -2.14. The van der Waals surface area contributed by atoms with Gasteiger partial charge in [-0.15, -0.1) is 11.3 Å². The molecule has 1 amide bonds. The maximum Gasteiger partial charge on any atom is 0.273 e. The zero-order valence-corrected chi connectivity index (χ0v) is 14.8. The molecule has 1 aliphatic heterocycles. The van der Waals surface area contributed by atoms with Crippen LogP contribution in [0.15, 0.2) is 39.7 Å². The number of amides is 1. The Morgan fingerprint density at radius 1 is 1.35 bits per heavy atom. The van der Waals surface area contributed by atoms with E-state index in [-0.39, 0.29) is 11.7 Å². The van der Waals surface area contributed by atoms with Gasteiger partial charge in [-0.3, -0.25) is 4.79 Å². The number of carbonyl (C=O) groups is 1. The van der Waals surface area contributed by atoms with Crippen molar-refractivity contribution < 1.29 is 13.7 Å². The van der Waals surface area contributed by atoms with Crippen molar-refractivity contribution in [1.82, 2.24) is 20.0 Å². The highest BCUT2D eigenvalue weighted by molar-refractivity contribution is 7.07. The molecule has 8 heteroatoms. The Hall–Kier alpha value is -2.61. The molecule has 3 heterocycles. The van der Waals surface area contributed by atoms with Crippen molar-refractivity contribution in [2.24, 2.45) is 5.92 Å². The average molecular weight is 372 g/mol. The lowest BCUT2D eigenvalue weighted by molar-refractivity contribution is 0.0781. The minimum Gasteiger partial charge on any atom is -0.337 e. The van der Waals surface area contributed by atoms with Gasteiger partial charge in [-0.2, -0.15) is 4.98 Å². The summed E-state index contributed by atoms with van der Waals surface area (Å²) in [6.45, 7) is 1.49. The first-order chi connectivity index (χ1) is 12.7. The molecule has 1 atom stereocenters. The summed E-state index contributed by atoms with van der Waals surface area (Å²) >= 11 is 1.43. The van der Waals surface area contributed by atoms with Gasteiger partial charge < -0.3 is 9.42 Å². The van der Waals surface area contributed by atoms with E-state index >= 15 is 0 Å². The lowest BCUT2D eigenvalue weighted by Crippen LogP contribution is -2.28. The van der Waals surface area contributed by atoms with Crippen LogP contribution in [0.4, 0.5) is 4.39 Å². The minimum absolute atomic E-state index is 0.00640. The van der Waals surface area contributed by atoms with Crippen LogP contribution in [0.25, 0.3) is 11.5 Å². The summed E-state index contributed by atoms with van der Waals surface area (Å²) in [6, 6.07) is 5.97. The Morgan fingerprint density at radius 2 is 2.19 bits per heavy atom. The third kappa shape index (κ3) is 3.65. The molecule has 134 valence electrons. The number of hydrogen-bond donors (Lipinski definition) is 0. The summed E-state index contributed by atoms with van der Waals surface area (Å²) < 4.78 is 18.2. The molecule has 1 saturated heterocycles. The normalized spacial score (nSPS) is 17.0. The lowest BCUT2D eigenvalue weighted by atomic mass is 10.0. The maximum atomic E-state index is 13.0. The summed E-state index contributed by atoms with van der Waals surface area (Å²) in [5, 5.41) is 5.79. The van der Waals surface area contributed by atoms with Crippen LogP contribution in [0, 0.1) is 11.7 Å². The van der Waals surface area contributed by atoms with E-state index < -0.39 is 0 Å². The van der Waals surface area contributed by atoms with Crippen molar-refractivity contribution in [2.75, 3.05) is 13.1 Å². The van der Waals surface area contributed by atoms with Gasteiger partial charge >= 0.3 is 0 Å². The van der Waals surface area contributed by atoms with Crippen molar-refractivity contribution >= 4 is 17.2 Å². The van der Waals surface area contributed by atoms with Crippen LogP contribution in [0.1, 0.15) is 29.2 Å². The Balaban J connectivity index is 1.31. The van der Waals surface area contributed by atoms with Crippen LogP contribution in [-0.4, -0.2) is 39.0 Å². The fraction of sp³-hybridized carbons (Fsp3) is 0.333. The number of halogens is 1. The van der Waals surface area contributed by atoms with Gasteiger partial charge in [0, 0.05) is 30.5 Å². The molecule has 0 saturated carbocycles. The molecule has 0 spiro atoms. The highest BCUT2D eigenvalue weighted by atomic mass is 32.1. The first-order valence-corrected chi connectivity index (χ1v) is 9.39. The van der Waals surface area contributed by atoms with Crippen LogP contribution in [0.2, 0.25) is 0 Å². The van der Waals surface area contributed by atoms with E-state index in [1.807, 2.05) is 4.90 Å². The van der Waals surface area contributed by atoms with E-state index in [0.717, 1.165) is 25.9 Å². The molecule has 0 N–H and O–H groups in total. The number of likely N-dealkylation sites (tertiary alicyclic amines) is 1. The molecule has 1 aliphatic rings. The van der Waals surface area contributed by atoms with Gasteiger partial charge in [-0.25, -0.2) is 9.37 Å². The Labute approximate surface area is 153 Å². The largest absolute Gasteiger partial charge is 0.337 e. The van der Waals surface area contributed by atoms with Gasteiger partial charge in [0.2, 0.25) is 0 Å². The Kier molecular flexibility index (Phi) is 4.75. The quantitative estimate of drug-likeness (QED) is 0.686. The zero-order valence-electron chi connectivity index (χ0n) is 14.0. The molecule has 1 unspecified atom stereocenters. The van der Waals surface area contributed by atoms with Gasteiger partial charge in [0.05, 0.1) is 5.51 Å². The number of carbonyl (C=O) groups excluding carboxylic acids is 1. The average Bonchev–Trinajstić information content (AvgIpc) is 3.41. The van der Waals surface area contributed by atoms with Crippen LogP contribution >= 0.6 is 11.3 Å². The summed E-state index contributed by atoms with van der Waals surface area (Å²) in [5.74, 6) is 1.16. The van der Waals surface area contributed by atoms with Gasteiger partial charge in [0.25, 0.3) is 11.8 Å². The molecular formula is C18H17FN4O2S. The first-order valence-electron chi connectivity index (χ1n) is 8.45. The highest BCUT2D eigenvalue weighted by Crippen LogP contribution is 2.24. The molecule has 26 heavy (non-hydrogen) atoms. The van der Waals surface area contributed by atoms with Crippen molar-refractivity contribution in [3.05, 3.63) is 52.5 Å². The molecule has 2 aromatic heterocycles. The summed E-state index contributed by atoms with van der Waals surface area (Å²) in [6.07, 6.45) is 2.55. The van der Waals surface area contributed by atoms with E-state index in [2.05, 4.69) is 15.1 Å². The van der Waals surface area contributed by atoms with Crippen LogP contribution < -0.4 is 0 Å². The fourth-order valence-corrected chi connectivity index (χ4v) is 3.66. The molecule has 0 bridgehead atoms. The van der Waals surface area contributed by atoms with Crippen molar-refractivity contribution in [3.8, 4) is 11.5 Å². The molecule has 1 fully saturated rings. The Bertz CT molecular complexity index is 879. The SMILES string of the molecule is O=C(c1cscn1)N1CCC(CCc2noc(-c3ccc(F)cc3)n2)C1. The zero-order chi connectivity index (χ0) is 17.9. The van der Waals surface area contributed by atoms with E-state index in [1.54, 1.807) is 23.0 Å². The summed E-state index contributed by atoms with van der Waals surface area (Å²) in [7, 11) is 0. The second-order valence-corrected chi connectivity index (χ2v) is 7.06. The molecule has 3 aromatic rings. The number of aromatic nitrogens is 3. The van der Waals surface area contributed by atoms with Crippen LogP contribution in [0.5, 0.6) is 0 Å². The second-order valence-electron chi connectivity index (χ2n) is 6.34. The third-order valence-electron chi connectivity index (χ3n) is 4.56. The van der Waals surface area contributed by atoms with Gasteiger partial charge in [0.1, 0.15) is 11.5 Å². The number of nitrogens with zero attached hydrogens (tertiary/aromatic N) is 4. The monoisotopic (exact) mass is 372 g/mol. The van der Waals surface area contributed by atoms with Crippen molar-refractivity contribution in [1.29, 1.82) is 0 Å². The van der Waals surface area contributed by atoms with Crippen molar-refractivity contribution in [2.45, 2.75) is 19.3 Å². The van der Waals surface area contributed by atoms with Gasteiger partial charge in [-0.05, 0) is 43.0 Å². The van der Waals surface area contributed by atoms with E-state index in [1.165, 1.54) is 23.5 Å². The fourth-order valence-electron chi connectivity index (χ4n) is 3.13. The standard InChI is InChI=1S/C18H17FN4O2S/c19-14-4-2-13(3-5-14)17-21-16(22-25-17)6-1-12-7-8-23(9-12)18(24)15-10-26-11-20-15/h2-5,10-12H,1,6-9H2. The van der Waals surface area contributed by atoms with Gasteiger partial charge in [-0.1, -0.05) is 5.16 Å².